The molecule has 0 fully saturated rings. The van der Waals surface area contributed by atoms with E-state index >= 15 is 0 Å². The molecular weight excluding hydrogens is 459 g/mol. The van der Waals surface area contributed by atoms with E-state index in [-0.39, 0.29) is 5.97 Å². The Balaban J connectivity index is 3.07. The Labute approximate surface area is 190 Å². The maximum atomic E-state index is 11.5. The lowest BCUT2D eigenvalue weighted by Crippen LogP contribution is -2.07. The monoisotopic (exact) mass is 508 g/mol. The van der Waals surface area contributed by atoms with Crippen LogP contribution in [0.1, 0.15) is 142 Å². The smallest absolute Gasteiger partial charge is 0.305 e. The lowest BCUT2D eigenvalue weighted by Gasteiger charge is -2.06. The number of carbonyl (C=O) groups excluding carboxylic acids is 1. The van der Waals surface area contributed by atoms with Gasteiger partial charge in [-0.25, -0.2) is 0 Å². The fourth-order valence-electron chi connectivity index (χ4n) is 3.58. The van der Waals surface area contributed by atoms with Crippen molar-refractivity contribution in [2.24, 2.45) is 0 Å². The van der Waals surface area contributed by atoms with Crippen molar-refractivity contribution in [2.75, 3.05) is 6.61 Å². The Morgan fingerprint density at radius 2 is 1.04 bits per heavy atom. The molecule has 0 radical (unpaired) electrons. The van der Waals surface area contributed by atoms with Gasteiger partial charge in [0.25, 0.3) is 0 Å². The summed E-state index contributed by atoms with van der Waals surface area (Å²) in [6.07, 6.45) is 26.4. The lowest BCUT2D eigenvalue weighted by molar-refractivity contribution is -0.143. The second-order valence-corrected chi connectivity index (χ2v) is 10.7. The number of hydrogen-bond acceptors (Lipinski definition) is 2. The number of rotatable bonds is 22. The first-order valence-corrected chi connectivity index (χ1v) is 13.7. The first-order valence-electron chi connectivity index (χ1n) is 12.5. The average molecular weight is 509 g/mol. The SMILES string of the molecule is CCCCCCCCCCCCCCCCCCCCOC(=O)CCC(C)I. The summed E-state index contributed by atoms with van der Waals surface area (Å²) in [7, 11) is 0. The predicted molar refractivity (Wildman–Crippen MR) is 132 cm³/mol. The van der Waals surface area contributed by atoms with E-state index in [1.807, 2.05) is 0 Å². The third-order valence-corrected chi connectivity index (χ3v) is 6.13. The van der Waals surface area contributed by atoms with E-state index in [0.29, 0.717) is 17.0 Å². The van der Waals surface area contributed by atoms with Gasteiger partial charge >= 0.3 is 5.97 Å². The van der Waals surface area contributed by atoms with Crippen LogP contribution in [0.2, 0.25) is 0 Å². The summed E-state index contributed by atoms with van der Waals surface area (Å²) in [6.45, 7) is 5.04. The molecule has 1 atom stereocenters. The van der Waals surface area contributed by atoms with Gasteiger partial charge in [-0.05, 0) is 12.8 Å². The minimum atomic E-state index is -0.0181. The van der Waals surface area contributed by atoms with E-state index in [0.717, 1.165) is 12.8 Å². The highest BCUT2D eigenvalue weighted by Crippen LogP contribution is 2.14. The van der Waals surface area contributed by atoms with Crippen molar-refractivity contribution in [3.05, 3.63) is 0 Å². The summed E-state index contributed by atoms with van der Waals surface area (Å²) >= 11 is 2.35. The van der Waals surface area contributed by atoms with Crippen LogP contribution in [0.15, 0.2) is 0 Å². The Morgan fingerprint density at radius 1 is 0.679 bits per heavy atom. The molecule has 0 bridgehead atoms. The fraction of sp³-hybridized carbons (Fsp3) is 0.960. The number of esters is 1. The van der Waals surface area contributed by atoms with Crippen LogP contribution in [0.3, 0.4) is 0 Å². The van der Waals surface area contributed by atoms with Crippen molar-refractivity contribution < 1.29 is 9.53 Å². The highest BCUT2D eigenvalue weighted by Gasteiger charge is 2.04. The number of carbonyl (C=O) groups is 1. The summed E-state index contributed by atoms with van der Waals surface area (Å²) in [5.74, 6) is -0.0181. The lowest BCUT2D eigenvalue weighted by atomic mass is 10.0. The number of halogens is 1. The van der Waals surface area contributed by atoms with Gasteiger partial charge in [-0.1, -0.05) is 146 Å². The van der Waals surface area contributed by atoms with E-state index < -0.39 is 0 Å². The highest BCUT2D eigenvalue weighted by molar-refractivity contribution is 14.1. The summed E-state index contributed by atoms with van der Waals surface area (Å²) in [5, 5.41) is 0. The van der Waals surface area contributed by atoms with Gasteiger partial charge in [-0.3, -0.25) is 4.79 Å². The molecule has 0 aromatic rings. The molecule has 0 aliphatic carbocycles. The quantitative estimate of drug-likeness (QED) is 0.0631. The predicted octanol–water partition coefficient (Wildman–Crippen LogP) is 9.18. The van der Waals surface area contributed by atoms with Gasteiger partial charge < -0.3 is 4.74 Å². The zero-order valence-corrected chi connectivity index (χ0v) is 21.3. The number of unbranched alkanes of at least 4 members (excludes halogenated alkanes) is 17. The van der Waals surface area contributed by atoms with Gasteiger partial charge in [0.05, 0.1) is 6.61 Å². The molecule has 0 aliphatic rings. The molecule has 0 amide bonds. The standard InChI is InChI=1S/C25H49IO2/c1-3-4-5-6-7-8-9-10-11-12-13-14-15-16-17-18-19-20-23-28-25(27)22-21-24(2)26/h24H,3-23H2,1-2H3. The minimum Gasteiger partial charge on any atom is -0.466 e. The Hall–Kier alpha value is 0.200. The van der Waals surface area contributed by atoms with E-state index in [4.69, 9.17) is 4.74 Å². The van der Waals surface area contributed by atoms with E-state index in [2.05, 4.69) is 36.4 Å². The molecule has 2 nitrogen and oxygen atoms in total. The summed E-state index contributed by atoms with van der Waals surface area (Å²) in [4.78, 5) is 11.5. The van der Waals surface area contributed by atoms with Crippen molar-refractivity contribution in [3.8, 4) is 0 Å². The van der Waals surface area contributed by atoms with Crippen molar-refractivity contribution in [1.82, 2.24) is 0 Å². The number of hydrogen-bond donors (Lipinski definition) is 0. The molecule has 0 N–H and O–H groups in total. The van der Waals surface area contributed by atoms with Crippen molar-refractivity contribution in [1.29, 1.82) is 0 Å². The van der Waals surface area contributed by atoms with Crippen LogP contribution in [-0.2, 0) is 9.53 Å². The molecular formula is C25H49IO2. The molecule has 3 heteroatoms. The van der Waals surface area contributed by atoms with Gasteiger partial charge in [0.1, 0.15) is 0 Å². The molecule has 0 aromatic heterocycles. The van der Waals surface area contributed by atoms with Gasteiger partial charge in [-0.2, -0.15) is 0 Å². The molecule has 0 aromatic carbocycles. The number of alkyl halides is 1. The molecule has 0 saturated carbocycles. The maximum Gasteiger partial charge on any atom is 0.305 e. The van der Waals surface area contributed by atoms with Gasteiger partial charge in [-0.15, -0.1) is 0 Å². The normalized spacial score (nSPS) is 12.2. The van der Waals surface area contributed by atoms with Crippen molar-refractivity contribution in [2.45, 2.75) is 146 Å². The Bertz CT molecular complexity index is 318. The van der Waals surface area contributed by atoms with Crippen LogP contribution >= 0.6 is 22.6 Å². The van der Waals surface area contributed by atoms with Crippen molar-refractivity contribution in [3.63, 3.8) is 0 Å². The molecule has 1 unspecified atom stereocenters. The van der Waals surface area contributed by atoms with Crippen LogP contribution in [0.25, 0.3) is 0 Å². The molecule has 0 spiro atoms. The summed E-state index contributed by atoms with van der Waals surface area (Å²) in [6, 6.07) is 0. The molecule has 0 saturated heterocycles. The van der Waals surface area contributed by atoms with Crippen LogP contribution in [-0.4, -0.2) is 16.5 Å². The molecule has 0 rings (SSSR count). The molecule has 0 aliphatic heterocycles. The molecule has 0 heterocycles. The number of ether oxygens (including phenoxy) is 1. The third kappa shape index (κ3) is 24.2. The molecule has 168 valence electrons. The van der Waals surface area contributed by atoms with Gasteiger partial charge in [0.15, 0.2) is 0 Å². The van der Waals surface area contributed by atoms with E-state index in [9.17, 15) is 4.79 Å². The first-order chi connectivity index (χ1) is 13.7. The molecule has 28 heavy (non-hydrogen) atoms. The first kappa shape index (κ1) is 28.2. The van der Waals surface area contributed by atoms with Crippen LogP contribution in [0.4, 0.5) is 0 Å². The maximum absolute atomic E-state index is 11.5. The minimum absolute atomic E-state index is 0.0181. The zero-order chi connectivity index (χ0) is 20.7. The van der Waals surface area contributed by atoms with E-state index in [1.54, 1.807) is 0 Å². The average Bonchev–Trinajstić information content (AvgIpc) is 2.68. The van der Waals surface area contributed by atoms with Crippen LogP contribution in [0.5, 0.6) is 0 Å². The van der Waals surface area contributed by atoms with Crippen LogP contribution < -0.4 is 0 Å². The summed E-state index contributed by atoms with van der Waals surface area (Å²) in [5.41, 5.74) is 0. The van der Waals surface area contributed by atoms with E-state index in [1.165, 1.54) is 109 Å². The van der Waals surface area contributed by atoms with Gasteiger partial charge in [0, 0.05) is 10.3 Å². The highest BCUT2D eigenvalue weighted by atomic mass is 127. The van der Waals surface area contributed by atoms with Crippen LogP contribution in [0, 0.1) is 0 Å². The fourth-order valence-corrected chi connectivity index (χ4v) is 3.89. The zero-order valence-electron chi connectivity index (χ0n) is 19.1. The van der Waals surface area contributed by atoms with Gasteiger partial charge in [0.2, 0.25) is 0 Å². The third-order valence-electron chi connectivity index (χ3n) is 5.51. The summed E-state index contributed by atoms with van der Waals surface area (Å²) < 4.78 is 5.83. The van der Waals surface area contributed by atoms with Crippen molar-refractivity contribution >= 4 is 28.6 Å². The topological polar surface area (TPSA) is 26.3 Å². The largest absolute Gasteiger partial charge is 0.466 e. The second-order valence-electron chi connectivity index (χ2n) is 8.55. The second kappa shape index (κ2) is 23.5. The Kier molecular flexibility index (Phi) is 23.6. The Morgan fingerprint density at radius 3 is 1.39 bits per heavy atom.